The lowest BCUT2D eigenvalue weighted by Crippen LogP contribution is -2.64. The summed E-state index contributed by atoms with van der Waals surface area (Å²) >= 11 is 0. The highest BCUT2D eigenvalue weighted by atomic mass is 16.5. The van der Waals surface area contributed by atoms with Crippen LogP contribution in [-0.2, 0) is 9.53 Å². The van der Waals surface area contributed by atoms with Gasteiger partial charge in [0.1, 0.15) is 0 Å². The number of nitrogens with two attached hydrogens (primary N) is 1. The summed E-state index contributed by atoms with van der Waals surface area (Å²) in [6.07, 6.45) is 0. The van der Waals surface area contributed by atoms with Crippen molar-refractivity contribution in [2.24, 2.45) is 11.1 Å². The highest BCUT2D eigenvalue weighted by Crippen LogP contribution is 2.35. The van der Waals surface area contributed by atoms with E-state index in [0.717, 1.165) is 0 Å². The summed E-state index contributed by atoms with van der Waals surface area (Å²) in [6.45, 7) is 17.0. The predicted octanol–water partition coefficient (Wildman–Crippen LogP) is 2.17. The number of nitrogens with zero attached hydrogens (tertiary/aromatic N) is 1. The fourth-order valence-corrected chi connectivity index (χ4v) is 2.60. The molecule has 0 aromatic carbocycles. The molecule has 0 aromatic heterocycles. The van der Waals surface area contributed by atoms with Gasteiger partial charge in [0.05, 0.1) is 16.6 Å². The average molecular weight is 270 g/mol. The van der Waals surface area contributed by atoms with Crippen LogP contribution in [0.15, 0.2) is 0 Å². The van der Waals surface area contributed by atoms with E-state index in [1.54, 1.807) is 0 Å². The molecule has 0 aliphatic carbocycles. The van der Waals surface area contributed by atoms with Gasteiger partial charge in [0, 0.05) is 18.6 Å². The molecule has 1 amide bonds. The van der Waals surface area contributed by atoms with Crippen molar-refractivity contribution < 1.29 is 9.53 Å². The Morgan fingerprint density at radius 2 is 1.42 bits per heavy atom. The average Bonchev–Trinajstić information content (AvgIpc) is 2.09. The molecule has 1 rings (SSSR count). The monoisotopic (exact) mass is 270 g/mol. The van der Waals surface area contributed by atoms with Crippen molar-refractivity contribution in [2.75, 3.05) is 13.1 Å². The molecule has 1 aliphatic heterocycles. The van der Waals surface area contributed by atoms with Gasteiger partial charge < -0.3 is 15.4 Å². The Bertz CT molecular complexity index is 349. The van der Waals surface area contributed by atoms with Crippen molar-refractivity contribution in [2.45, 2.75) is 72.1 Å². The second kappa shape index (κ2) is 4.45. The van der Waals surface area contributed by atoms with Gasteiger partial charge >= 0.3 is 0 Å². The number of hydrogen-bond acceptors (Lipinski definition) is 3. The first-order valence-electron chi connectivity index (χ1n) is 6.96. The maximum Gasteiger partial charge on any atom is 0.230 e. The zero-order valence-corrected chi connectivity index (χ0v) is 13.8. The quantitative estimate of drug-likeness (QED) is 0.836. The molecule has 1 saturated heterocycles. The molecule has 4 heteroatoms. The molecule has 1 aliphatic rings. The van der Waals surface area contributed by atoms with E-state index in [9.17, 15) is 4.79 Å². The molecule has 0 radical (unpaired) electrons. The van der Waals surface area contributed by atoms with Crippen LogP contribution < -0.4 is 5.73 Å². The first-order valence-corrected chi connectivity index (χ1v) is 6.96. The third-order valence-corrected chi connectivity index (χ3v) is 4.13. The van der Waals surface area contributed by atoms with Crippen LogP contribution in [0, 0.1) is 5.41 Å². The van der Waals surface area contributed by atoms with Gasteiger partial charge in [-0.2, -0.15) is 0 Å². The van der Waals surface area contributed by atoms with Crippen molar-refractivity contribution in [3.63, 3.8) is 0 Å². The van der Waals surface area contributed by atoms with Gasteiger partial charge in [-0.1, -0.05) is 0 Å². The van der Waals surface area contributed by atoms with Crippen LogP contribution in [0.3, 0.4) is 0 Å². The first-order chi connectivity index (χ1) is 8.18. The largest absolute Gasteiger partial charge is 0.366 e. The fraction of sp³-hybridized carbons (Fsp3) is 0.933. The minimum absolute atomic E-state index is 0.101. The minimum Gasteiger partial charge on any atom is -0.366 e. The molecule has 1 fully saturated rings. The molecule has 1 heterocycles. The number of amides is 1. The molecule has 0 saturated carbocycles. The number of rotatable bonds is 2. The SMILES string of the molecule is CC1(C)CN(C(=O)C(C)(C)C(C)(C)N)CC(C)(C)O1. The molecule has 4 nitrogen and oxygen atoms in total. The Labute approximate surface area is 117 Å². The van der Waals surface area contributed by atoms with E-state index in [2.05, 4.69) is 0 Å². The Hall–Kier alpha value is -0.610. The minimum atomic E-state index is -0.601. The normalized spacial score (nSPS) is 23.3. The van der Waals surface area contributed by atoms with Crippen molar-refractivity contribution in [3.8, 4) is 0 Å². The molecular weight excluding hydrogens is 240 g/mol. The van der Waals surface area contributed by atoms with Gasteiger partial charge in [-0.15, -0.1) is 0 Å². The van der Waals surface area contributed by atoms with Crippen LogP contribution in [0.2, 0.25) is 0 Å². The Morgan fingerprint density at radius 1 is 1.05 bits per heavy atom. The summed E-state index contributed by atoms with van der Waals surface area (Å²) in [5.74, 6) is 0.101. The van der Waals surface area contributed by atoms with Crippen LogP contribution >= 0.6 is 0 Å². The number of carbonyl (C=O) groups excluding carboxylic acids is 1. The topological polar surface area (TPSA) is 55.6 Å². The molecule has 0 aromatic rings. The van der Waals surface area contributed by atoms with E-state index < -0.39 is 11.0 Å². The highest BCUT2D eigenvalue weighted by Gasteiger charge is 2.47. The van der Waals surface area contributed by atoms with Crippen molar-refractivity contribution in [1.82, 2.24) is 4.90 Å². The van der Waals surface area contributed by atoms with Gasteiger partial charge in [-0.3, -0.25) is 4.79 Å². The standard InChI is InChI=1S/C15H30N2O2/c1-12(2)9-17(10-13(3,4)19-12)11(18)14(5,6)15(7,8)16/h9-10,16H2,1-8H3. The van der Waals surface area contributed by atoms with Crippen molar-refractivity contribution in [3.05, 3.63) is 0 Å². The first kappa shape index (κ1) is 16.4. The van der Waals surface area contributed by atoms with Crippen LogP contribution in [0.5, 0.6) is 0 Å². The number of morpholine rings is 1. The van der Waals surface area contributed by atoms with E-state index in [1.165, 1.54) is 0 Å². The molecule has 2 N–H and O–H groups in total. The molecule has 112 valence electrons. The summed E-state index contributed by atoms with van der Waals surface area (Å²) in [7, 11) is 0. The fourth-order valence-electron chi connectivity index (χ4n) is 2.60. The van der Waals surface area contributed by atoms with Crippen LogP contribution in [0.4, 0.5) is 0 Å². The lowest BCUT2D eigenvalue weighted by Gasteiger charge is -2.50. The second-order valence-corrected chi connectivity index (χ2v) is 8.13. The molecule has 19 heavy (non-hydrogen) atoms. The maximum atomic E-state index is 12.8. The van der Waals surface area contributed by atoms with Crippen LogP contribution in [0.25, 0.3) is 0 Å². The molecule has 0 atom stereocenters. The summed E-state index contributed by atoms with van der Waals surface area (Å²) < 4.78 is 6.01. The van der Waals surface area contributed by atoms with E-state index in [4.69, 9.17) is 10.5 Å². The van der Waals surface area contributed by atoms with Gasteiger partial charge in [-0.05, 0) is 55.4 Å². The van der Waals surface area contributed by atoms with Gasteiger partial charge in [0.25, 0.3) is 0 Å². The van der Waals surface area contributed by atoms with E-state index in [0.29, 0.717) is 13.1 Å². The Morgan fingerprint density at radius 3 is 1.74 bits per heavy atom. The third-order valence-electron chi connectivity index (χ3n) is 4.13. The third kappa shape index (κ3) is 3.48. The second-order valence-electron chi connectivity index (χ2n) is 8.13. The number of ether oxygens (including phenoxy) is 1. The Kier molecular flexibility index (Phi) is 3.85. The van der Waals surface area contributed by atoms with Gasteiger partial charge in [0.2, 0.25) is 5.91 Å². The molecule has 0 unspecified atom stereocenters. The molecule has 0 spiro atoms. The highest BCUT2D eigenvalue weighted by molar-refractivity contribution is 5.83. The Balaban J connectivity index is 3.00. The van der Waals surface area contributed by atoms with E-state index in [1.807, 2.05) is 60.3 Å². The number of hydrogen-bond donors (Lipinski definition) is 1. The zero-order chi connectivity index (χ0) is 15.3. The van der Waals surface area contributed by atoms with Crippen LogP contribution in [0.1, 0.15) is 55.4 Å². The summed E-state index contributed by atoms with van der Waals surface area (Å²) in [5.41, 5.74) is 4.36. The number of carbonyl (C=O) groups is 1. The lowest BCUT2D eigenvalue weighted by molar-refractivity contribution is -0.193. The molecule has 0 bridgehead atoms. The van der Waals surface area contributed by atoms with Crippen molar-refractivity contribution in [1.29, 1.82) is 0 Å². The summed E-state index contributed by atoms with van der Waals surface area (Å²) in [6, 6.07) is 0. The van der Waals surface area contributed by atoms with E-state index in [-0.39, 0.29) is 17.1 Å². The summed E-state index contributed by atoms with van der Waals surface area (Å²) in [4.78, 5) is 14.7. The van der Waals surface area contributed by atoms with Crippen molar-refractivity contribution >= 4 is 5.91 Å². The maximum absolute atomic E-state index is 12.8. The van der Waals surface area contributed by atoms with Gasteiger partial charge in [0.15, 0.2) is 0 Å². The molecular formula is C15H30N2O2. The van der Waals surface area contributed by atoms with Crippen LogP contribution in [-0.4, -0.2) is 40.6 Å². The summed E-state index contributed by atoms with van der Waals surface area (Å²) in [5, 5.41) is 0. The lowest BCUT2D eigenvalue weighted by atomic mass is 9.73. The predicted molar refractivity (Wildman–Crippen MR) is 77.9 cm³/mol. The van der Waals surface area contributed by atoms with Gasteiger partial charge in [-0.25, -0.2) is 0 Å². The van der Waals surface area contributed by atoms with E-state index >= 15 is 0 Å². The zero-order valence-electron chi connectivity index (χ0n) is 13.8. The smallest absolute Gasteiger partial charge is 0.230 e.